The van der Waals surface area contributed by atoms with Crippen molar-refractivity contribution in [1.82, 2.24) is 0 Å². The third kappa shape index (κ3) is 3.81. The molecule has 2 aliphatic rings. The largest absolute Gasteiger partial charge is 0.378 e. The van der Waals surface area contributed by atoms with Crippen molar-refractivity contribution >= 4 is 34.3 Å². The van der Waals surface area contributed by atoms with Gasteiger partial charge in [-0.1, -0.05) is 24.3 Å². The number of carbonyl (C=O) groups excluding carboxylic acids is 2. The summed E-state index contributed by atoms with van der Waals surface area (Å²) < 4.78 is 5.47. The summed E-state index contributed by atoms with van der Waals surface area (Å²) in [6, 6.07) is 18.3. The predicted molar refractivity (Wildman–Crippen MR) is 128 cm³/mol. The van der Waals surface area contributed by atoms with Crippen LogP contribution in [0.15, 0.2) is 70.9 Å². The Morgan fingerprint density at radius 1 is 0.788 bits per heavy atom. The van der Waals surface area contributed by atoms with Crippen LogP contribution in [-0.4, -0.2) is 52.0 Å². The Kier molecular flexibility index (Phi) is 5.48. The number of ether oxygens (including phenoxy) is 1. The molecule has 0 atom stereocenters. The fourth-order valence-corrected chi connectivity index (χ4v) is 4.27. The molecule has 7 heteroatoms. The molecule has 166 valence electrons. The molecule has 1 aliphatic heterocycles. The maximum absolute atomic E-state index is 13.6. The molecule has 0 aromatic heterocycles. The molecule has 3 aromatic rings. The van der Waals surface area contributed by atoms with Crippen LogP contribution in [0.5, 0.6) is 0 Å². The number of hydrogen-bond acceptors (Lipinski definition) is 7. The highest BCUT2D eigenvalue weighted by Gasteiger charge is 2.35. The van der Waals surface area contributed by atoms with Crippen LogP contribution >= 0.6 is 0 Å². The van der Waals surface area contributed by atoms with Crippen molar-refractivity contribution in [2.75, 3.05) is 50.2 Å². The third-order valence-electron chi connectivity index (χ3n) is 6.02. The van der Waals surface area contributed by atoms with Crippen molar-refractivity contribution < 1.29 is 14.3 Å². The SMILES string of the molecule is CN(C)c1ccc(N=Nc2ccc(N3CCOCC3)c3c2C(=O)c2ccccc2C3=O)cc1. The predicted octanol–water partition coefficient (Wildman–Crippen LogP) is 4.78. The number of morpholine rings is 1. The summed E-state index contributed by atoms with van der Waals surface area (Å²) in [5.41, 5.74) is 4.41. The smallest absolute Gasteiger partial charge is 0.196 e. The fourth-order valence-electron chi connectivity index (χ4n) is 4.27. The average molecular weight is 441 g/mol. The van der Waals surface area contributed by atoms with E-state index in [9.17, 15) is 9.59 Å². The van der Waals surface area contributed by atoms with Crippen LogP contribution in [-0.2, 0) is 4.74 Å². The first-order valence-corrected chi connectivity index (χ1v) is 10.9. The number of azo groups is 1. The summed E-state index contributed by atoms with van der Waals surface area (Å²) in [6.45, 7) is 2.49. The average Bonchev–Trinajstić information content (AvgIpc) is 2.86. The van der Waals surface area contributed by atoms with Crippen LogP contribution < -0.4 is 9.80 Å². The Hall–Kier alpha value is -3.84. The van der Waals surface area contributed by atoms with Gasteiger partial charge in [0.2, 0.25) is 0 Å². The molecule has 1 fully saturated rings. The zero-order valence-corrected chi connectivity index (χ0v) is 18.6. The van der Waals surface area contributed by atoms with E-state index in [-0.39, 0.29) is 11.6 Å². The second-order valence-electron chi connectivity index (χ2n) is 8.27. The maximum atomic E-state index is 13.6. The molecular weight excluding hydrogens is 416 g/mol. The van der Waals surface area contributed by atoms with E-state index in [1.54, 1.807) is 30.3 Å². The van der Waals surface area contributed by atoms with Crippen LogP contribution in [0.1, 0.15) is 31.8 Å². The highest BCUT2D eigenvalue weighted by Crippen LogP contribution is 2.39. The zero-order valence-electron chi connectivity index (χ0n) is 18.6. The second-order valence-corrected chi connectivity index (χ2v) is 8.27. The zero-order chi connectivity index (χ0) is 22.9. The number of benzene rings is 3. The molecule has 1 saturated heterocycles. The van der Waals surface area contributed by atoms with Crippen LogP contribution in [0, 0.1) is 0 Å². The molecule has 0 unspecified atom stereocenters. The molecule has 1 aliphatic carbocycles. The molecule has 0 spiro atoms. The number of rotatable bonds is 4. The first-order chi connectivity index (χ1) is 16.0. The number of nitrogens with zero attached hydrogens (tertiary/aromatic N) is 4. The quantitative estimate of drug-likeness (QED) is 0.427. The highest BCUT2D eigenvalue weighted by molar-refractivity contribution is 6.31. The third-order valence-corrected chi connectivity index (χ3v) is 6.02. The molecule has 0 N–H and O–H groups in total. The van der Waals surface area contributed by atoms with Crippen molar-refractivity contribution in [2.24, 2.45) is 10.2 Å². The topological polar surface area (TPSA) is 74.6 Å². The Morgan fingerprint density at radius 2 is 1.42 bits per heavy atom. The molecule has 3 aromatic carbocycles. The monoisotopic (exact) mass is 440 g/mol. The molecule has 0 radical (unpaired) electrons. The normalized spacial score (nSPS) is 15.5. The van der Waals surface area contributed by atoms with Crippen molar-refractivity contribution in [2.45, 2.75) is 0 Å². The highest BCUT2D eigenvalue weighted by atomic mass is 16.5. The summed E-state index contributed by atoms with van der Waals surface area (Å²) in [5.74, 6) is -0.360. The minimum Gasteiger partial charge on any atom is -0.378 e. The maximum Gasteiger partial charge on any atom is 0.196 e. The summed E-state index contributed by atoms with van der Waals surface area (Å²) in [7, 11) is 3.94. The van der Waals surface area contributed by atoms with E-state index in [0.717, 1.165) is 11.4 Å². The van der Waals surface area contributed by atoms with E-state index in [2.05, 4.69) is 15.1 Å². The number of hydrogen-bond donors (Lipinski definition) is 0. The van der Waals surface area contributed by atoms with Gasteiger partial charge in [-0.25, -0.2) is 0 Å². The molecular formula is C26H24N4O3. The lowest BCUT2D eigenvalue weighted by Crippen LogP contribution is -2.38. The summed E-state index contributed by atoms with van der Waals surface area (Å²) in [5, 5.41) is 8.76. The molecule has 0 saturated carbocycles. The number of fused-ring (bicyclic) bond motifs is 2. The Balaban J connectivity index is 1.61. The molecule has 1 heterocycles. The van der Waals surface area contributed by atoms with E-state index >= 15 is 0 Å². The van der Waals surface area contributed by atoms with Crippen LogP contribution in [0.4, 0.5) is 22.7 Å². The fraction of sp³-hybridized carbons (Fsp3) is 0.231. The minimum absolute atomic E-state index is 0.158. The van der Waals surface area contributed by atoms with Gasteiger partial charge in [-0.15, -0.1) is 5.11 Å². The van der Waals surface area contributed by atoms with Gasteiger partial charge in [-0.2, -0.15) is 5.11 Å². The standard InChI is InChI=1S/C26H24N4O3/c1-29(2)18-9-7-17(8-10-18)27-28-21-11-12-22(30-13-15-33-16-14-30)24-23(21)25(31)19-5-3-4-6-20(19)26(24)32/h3-12H,13-16H2,1-2H3. The van der Waals surface area contributed by atoms with Crippen molar-refractivity contribution in [3.8, 4) is 0 Å². The number of ketones is 2. The van der Waals surface area contributed by atoms with Gasteiger partial charge < -0.3 is 14.5 Å². The molecule has 0 bridgehead atoms. The van der Waals surface area contributed by atoms with E-state index < -0.39 is 0 Å². The summed E-state index contributed by atoms with van der Waals surface area (Å²) >= 11 is 0. The van der Waals surface area contributed by atoms with Gasteiger partial charge in [-0.05, 0) is 36.4 Å². The van der Waals surface area contributed by atoms with E-state index in [1.165, 1.54) is 0 Å². The Bertz CT molecular complexity index is 1260. The number of carbonyl (C=O) groups is 2. The van der Waals surface area contributed by atoms with Gasteiger partial charge in [0.15, 0.2) is 11.6 Å². The van der Waals surface area contributed by atoms with E-state index in [0.29, 0.717) is 59.9 Å². The summed E-state index contributed by atoms with van der Waals surface area (Å²) in [6.07, 6.45) is 0. The van der Waals surface area contributed by atoms with Gasteiger partial charge in [0.1, 0.15) is 0 Å². The second kappa shape index (κ2) is 8.60. The van der Waals surface area contributed by atoms with Crippen LogP contribution in [0.2, 0.25) is 0 Å². The van der Waals surface area contributed by atoms with Crippen molar-refractivity contribution in [3.63, 3.8) is 0 Å². The number of anilines is 2. The molecule has 0 amide bonds. The lowest BCUT2D eigenvalue weighted by Gasteiger charge is -2.32. The van der Waals surface area contributed by atoms with E-state index in [1.807, 2.05) is 49.3 Å². The van der Waals surface area contributed by atoms with Gasteiger partial charge in [-0.3, -0.25) is 9.59 Å². The Labute approximate surface area is 192 Å². The Morgan fingerprint density at radius 3 is 2.06 bits per heavy atom. The molecule has 5 rings (SSSR count). The van der Waals surface area contributed by atoms with Crippen molar-refractivity contribution in [1.29, 1.82) is 0 Å². The lowest BCUT2D eigenvalue weighted by molar-refractivity contribution is 0.0978. The minimum atomic E-state index is -0.202. The van der Waals surface area contributed by atoms with Crippen LogP contribution in [0.3, 0.4) is 0 Å². The van der Waals surface area contributed by atoms with Crippen LogP contribution in [0.25, 0.3) is 0 Å². The van der Waals surface area contributed by atoms with Gasteiger partial charge >= 0.3 is 0 Å². The van der Waals surface area contributed by atoms with Gasteiger partial charge in [0.05, 0.1) is 35.7 Å². The summed E-state index contributed by atoms with van der Waals surface area (Å²) in [4.78, 5) is 31.2. The lowest BCUT2D eigenvalue weighted by atomic mass is 9.82. The molecule has 7 nitrogen and oxygen atoms in total. The first kappa shape index (κ1) is 21.0. The molecule has 33 heavy (non-hydrogen) atoms. The van der Waals surface area contributed by atoms with E-state index in [4.69, 9.17) is 4.74 Å². The van der Waals surface area contributed by atoms with Crippen molar-refractivity contribution in [3.05, 3.63) is 82.9 Å². The first-order valence-electron chi connectivity index (χ1n) is 10.9. The van der Waals surface area contributed by atoms with Gasteiger partial charge in [0.25, 0.3) is 0 Å². The van der Waals surface area contributed by atoms with Gasteiger partial charge in [0, 0.05) is 49.7 Å².